The lowest BCUT2D eigenvalue weighted by atomic mass is 9.79. The molecular weight excluding hydrogens is 392 g/mol. The van der Waals surface area contributed by atoms with Gasteiger partial charge in [-0.05, 0) is 23.3 Å². The van der Waals surface area contributed by atoms with Gasteiger partial charge in [0.15, 0.2) is 11.4 Å². The zero-order chi connectivity index (χ0) is 21.5. The van der Waals surface area contributed by atoms with Gasteiger partial charge in [-0.3, -0.25) is 9.79 Å². The predicted molar refractivity (Wildman–Crippen MR) is 128 cm³/mol. The van der Waals surface area contributed by atoms with E-state index in [1.165, 1.54) is 5.56 Å². The summed E-state index contributed by atoms with van der Waals surface area (Å²) < 4.78 is 0. The van der Waals surface area contributed by atoms with Crippen molar-refractivity contribution in [1.82, 2.24) is 4.90 Å². The van der Waals surface area contributed by atoms with E-state index in [0.717, 1.165) is 34.7 Å². The summed E-state index contributed by atoms with van der Waals surface area (Å²) in [5, 5.41) is 0. The fraction of sp³-hybridized carbons (Fsp3) is 0.103. The Bertz CT molecular complexity index is 1300. The summed E-state index contributed by atoms with van der Waals surface area (Å²) in [7, 11) is 0. The van der Waals surface area contributed by atoms with E-state index in [2.05, 4.69) is 89.8 Å². The molecule has 32 heavy (non-hydrogen) atoms. The largest absolute Gasteiger partial charge is 0.310 e. The van der Waals surface area contributed by atoms with Gasteiger partial charge in [0.2, 0.25) is 0 Å². The quantitative estimate of drug-likeness (QED) is 0.504. The molecule has 2 aliphatic heterocycles. The normalized spacial score (nSPS) is 23.8. The minimum atomic E-state index is -0.613. The van der Waals surface area contributed by atoms with Crippen LogP contribution in [-0.4, -0.2) is 16.4 Å². The van der Waals surface area contributed by atoms with Crippen LogP contribution in [0.3, 0.4) is 0 Å². The van der Waals surface area contributed by atoms with Gasteiger partial charge in [0.1, 0.15) is 0 Å². The van der Waals surface area contributed by atoms with Crippen LogP contribution in [0, 0.1) is 0 Å². The monoisotopic (exact) mass is 414 g/mol. The summed E-state index contributed by atoms with van der Waals surface area (Å²) >= 11 is 0. The molecule has 3 aromatic rings. The number of benzene rings is 3. The standard InChI is InChI=1S/C29H22N2O/c32-25-16-17-26-28(19-25)31-27(22-12-6-2-7-13-22)18-23(21-10-4-1-5-11-21)20-29(31,30-26)24-14-8-3-9-15-24/h1-19,23H,20H2/t23-,29+/m0/s1. The highest BCUT2D eigenvalue weighted by Gasteiger charge is 2.51. The second-order valence-electron chi connectivity index (χ2n) is 8.42. The van der Waals surface area contributed by atoms with Gasteiger partial charge in [-0.25, -0.2) is 0 Å². The number of rotatable bonds is 3. The molecule has 0 spiro atoms. The lowest BCUT2D eigenvalue weighted by Gasteiger charge is -2.45. The van der Waals surface area contributed by atoms with Crippen molar-refractivity contribution >= 4 is 17.2 Å². The third-order valence-corrected chi connectivity index (χ3v) is 6.50. The van der Waals surface area contributed by atoms with Gasteiger partial charge in [0.05, 0.1) is 11.4 Å². The van der Waals surface area contributed by atoms with Crippen molar-refractivity contribution in [2.75, 3.05) is 0 Å². The third-order valence-electron chi connectivity index (χ3n) is 6.50. The number of aliphatic imine (C=N–C) groups is 1. The topological polar surface area (TPSA) is 32.7 Å². The van der Waals surface area contributed by atoms with Gasteiger partial charge in [-0.2, -0.15) is 0 Å². The van der Waals surface area contributed by atoms with Gasteiger partial charge in [0.25, 0.3) is 0 Å². The zero-order valence-corrected chi connectivity index (χ0v) is 17.6. The van der Waals surface area contributed by atoms with Gasteiger partial charge in [-0.15, -0.1) is 0 Å². The summed E-state index contributed by atoms with van der Waals surface area (Å²) in [6, 6.07) is 31.5. The van der Waals surface area contributed by atoms with Gasteiger partial charge in [-0.1, -0.05) is 97.1 Å². The van der Waals surface area contributed by atoms with E-state index in [-0.39, 0.29) is 11.7 Å². The molecule has 0 unspecified atom stereocenters. The summed E-state index contributed by atoms with van der Waals surface area (Å²) in [5.41, 5.74) is 5.73. The lowest BCUT2D eigenvalue weighted by molar-refractivity contribution is -0.110. The minimum absolute atomic E-state index is 0.000376. The highest BCUT2D eigenvalue weighted by atomic mass is 16.1. The Labute approximate surface area is 187 Å². The van der Waals surface area contributed by atoms with E-state index >= 15 is 0 Å². The van der Waals surface area contributed by atoms with E-state index in [1.807, 2.05) is 18.2 Å². The Morgan fingerprint density at radius 3 is 2.16 bits per heavy atom. The van der Waals surface area contributed by atoms with Crippen molar-refractivity contribution in [1.29, 1.82) is 0 Å². The lowest BCUT2D eigenvalue weighted by Crippen LogP contribution is -2.43. The average Bonchev–Trinajstić information content (AvgIpc) is 3.20. The number of hydrogen-bond donors (Lipinski definition) is 0. The van der Waals surface area contributed by atoms with Crippen molar-refractivity contribution < 1.29 is 4.79 Å². The highest BCUT2D eigenvalue weighted by molar-refractivity contribution is 6.21. The Hall–Kier alpha value is -3.98. The SMILES string of the molecule is O=C1C=CC2=N[C@]3(c4ccccc4)C[C@@H](c4ccccc4)C=C(c4ccccc4)N3C2=C1. The summed E-state index contributed by atoms with van der Waals surface area (Å²) in [4.78, 5) is 20.0. The number of ketones is 1. The van der Waals surface area contributed by atoms with Crippen LogP contribution in [0.25, 0.3) is 5.70 Å². The molecule has 0 amide bonds. The van der Waals surface area contributed by atoms with Crippen LogP contribution >= 0.6 is 0 Å². The third kappa shape index (κ3) is 2.89. The molecule has 0 radical (unpaired) electrons. The molecule has 3 aliphatic rings. The molecule has 3 nitrogen and oxygen atoms in total. The second-order valence-corrected chi connectivity index (χ2v) is 8.42. The fourth-order valence-corrected chi connectivity index (χ4v) is 5.09. The fourth-order valence-electron chi connectivity index (χ4n) is 5.09. The Balaban J connectivity index is 1.63. The highest BCUT2D eigenvalue weighted by Crippen LogP contribution is 2.54. The van der Waals surface area contributed by atoms with Crippen LogP contribution in [0.2, 0.25) is 0 Å². The van der Waals surface area contributed by atoms with Crippen LogP contribution in [0.1, 0.15) is 29.0 Å². The average molecular weight is 415 g/mol. The van der Waals surface area contributed by atoms with Crippen molar-refractivity contribution in [2.24, 2.45) is 4.99 Å². The van der Waals surface area contributed by atoms with Crippen molar-refractivity contribution in [3.8, 4) is 0 Å². The van der Waals surface area contributed by atoms with Crippen molar-refractivity contribution in [2.45, 2.75) is 18.0 Å². The molecule has 3 heteroatoms. The van der Waals surface area contributed by atoms with Gasteiger partial charge < -0.3 is 4.90 Å². The molecule has 3 aromatic carbocycles. The molecular formula is C29H22N2O. The number of allylic oxidation sites excluding steroid dienone is 4. The number of hydrogen-bond acceptors (Lipinski definition) is 3. The maximum atomic E-state index is 12.4. The molecule has 2 atom stereocenters. The van der Waals surface area contributed by atoms with E-state index in [9.17, 15) is 4.79 Å². The molecule has 0 aromatic heterocycles. The minimum Gasteiger partial charge on any atom is -0.310 e. The Morgan fingerprint density at radius 2 is 1.44 bits per heavy atom. The number of nitrogens with zero attached hydrogens (tertiary/aromatic N) is 2. The number of carbonyl (C=O) groups excluding carboxylic acids is 1. The summed E-state index contributed by atoms with van der Waals surface area (Å²) in [6.07, 6.45) is 8.33. The Kier molecular flexibility index (Phi) is 4.29. The molecule has 0 N–H and O–H groups in total. The first-order valence-corrected chi connectivity index (χ1v) is 11.0. The summed E-state index contributed by atoms with van der Waals surface area (Å²) in [5.74, 6) is 0.188. The van der Waals surface area contributed by atoms with E-state index in [4.69, 9.17) is 4.99 Å². The molecule has 0 fully saturated rings. The molecule has 0 saturated heterocycles. The van der Waals surface area contributed by atoms with Crippen LogP contribution in [0.4, 0.5) is 0 Å². The van der Waals surface area contributed by atoms with Crippen LogP contribution in [0.15, 0.2) is 126 Å². The van der Waals surface area contributed by atoms with Gasteiger partial charge in [0, 0.05) is 29.7 Å². The van der Waals surface area contributed by atoms with E-state index in [1.54, 1.807) is 12.2 Å². The maximum absolute atomic E-state index is 12.4. The summed E-state index contributed by atoms with van der Waals surface area (Å²) in [6.45, 7) is 0. The molecule has 2 heterocycles. The van der Waals surface area contributed by atoms with Crippen molar-refractivity contribution in [3.05, 3.63) is 138 Å². The number of fused-ring (bicyclic) bond motifs is 3. The van der Waals surface area contributed by atoms with Crippen molar-refractivity contribution in [3.63, 3.8) is 0 Å². The van der Waals surface area contributed by atoms with E-state index in [0.29, 0.717) is 0 Å². The van der Waals surface area contributed by atoms with Crippen LogP contribution < -0.4 is 0 Å². The predicted octanol–water partition coefficient (Wildman–Crippen LogP) is 5.85. The molecule has 0 saturated carbocycles. The Morgan fingerprint density at radius 1 is 0.781 bits per heavy atom. The first-order chi connectivity index (χ1) is 15.7. The van der Waals surface area contributed by atoms with Crippen LogP contribution in [-0.2, 0) is 10.5 Å². The first-order valence-electron chi connectivity index (χ1n) is 11.0. The zero-order valence-electron chi connectivity index (χ0n) is 17.6. The van der Waals surface area contributed by atoms with Crippen LogP contribution in [0.5, 0.6) is 0 Å². The maximum Gasteiger partial charge on any atom is 0.180 e. The smallest absolute Gasteiger partial charge is 0.180 e. The number of carbonyl (C=O) groups is 1. The molecule has 154 valence electrons. The van der Waals surface area contributed by atoms with E-state index < -0.39 is 5.66 Å². The second kappa shape index (κ2) is 7.31. The molecule has 6 rings (SSSR count). The van der Waals surface area contributed by atoms with Gasteiger partial charge >= 0.3 is 0 Å². The molecule has 1 aliphatic carbocycles. The molecule has 0 bridgehead atoms. The first kappa shape index (κ1) is 18.8.